The summed E-state index contributed by atoms with van der Waals surface area (Å²) in [4.78, 5) is 21.9. The predicted molar refractivity (Wildman–Crippen MR) is 134 cm³/mol. The summed E-state index contributed by atoms with van der Waals surface area (Å²) in [5.74, 6) is 0.784. The SMILES string of the molecule is C.CN(C)C(=O)Cn1cc(-c2nc(C(C)(c3ccc(-c4ccc(N)nc4F)cc3)C3CC3)no2)cn1. The average molecular weight is 492 g/mol. The number of hydrogen-bond acceptors (Lipinski definition) is 7. The Morgan fingerprint density at radius 1 is 1.17 bits per heavy atom. The summed E-state index contributed by atoms with van der Waals surface area (Å²) < 4.78 is 21.4. The van der Waals surface area contributed by atoms with E-state index in [0.29, 0.717) is 34.3 Å². The van der Waals surface area contributed by atoms with Crippen molar-refractivity contribution in [3.05, 3.63) is 66.1 Å². The van der Waals surface area contributed by atoms with Gasteiger partial charge in [0.25, 0.3) is 5.89 Å². The number of halogens is 1. The van der Waals surface area contributed by atoms with E-state index in [1.54, 1.807) is 43.3 Å². The first-order chi connectivity index (χ1) is 16.8. The summed E-state index contributed by atoms with van der Waals surface area (Å²) >= 11 is 0. The lowest BCUT2D eigenvalue weighted by Gasteiger charge is -2.27. The van der Waals surface area contributed by atoms with Gasteiger partial charge in [0.2, 0.25) is 11.9 Å². The zero-order valence-corrected chi connectivity index (χ0v) is 19.8. The number of pyridine rings is 1. The number of anilines is 1. The van der Waals surface area contributed by atoms with Gasteiger partial charge in [-0.2, -0.15) is 14.5 Å². The van der Waals surface area contributed by atoms with E-state index in [-0.39, 0.29) is 25.7 Å². The number of hydrogen-bond donors (Lipinski definition) is 1. The Kier molecular flexibility index (Phi) is 6.62. The molecule has 36 heavy (non-hydrogen) atoms. The average Bonchev–Trinajstić information content (AvgIpc) is 3.39. The predicted octanol–water partition coefficient (Wildman–Crippen LogP) is 4.16. The minimum Gasteiger partial charge on any atom is -0.384 e. The van der Waals surface area contributed by atoms with Crippen LogP contribution < -0.4 is 5.73 Å². The van der Waals surface area contributed by atoms with Crippen LogP contribution in [0.15, 0.2) is 53.3 Å². The highest BCUT2D eigenvalue weighted by atomic mass is 19.1. The lowest BCUT2D eigenvalue weighted by molar-refractivity contribution is -0.129. The lowest BCUT2D eigenvalue weighted by atomic mass is 9.76. The number of aromatic nitrogens is 5. The van der Waals surface area contributed by atoms with Gasteiger partial charge in [-0.15, -0.1) is 0 Å². The maximum Gasteiger partial charge on any atom is 0.261 e. The molecular formula is C26H30FN7O2. The van der Waals surface area contributed by atoms with Gasteiger partial charge >= 0.3 is 0 Å². The maximum absolute atomic E-state index is 14.3. The number of nitrogens with two attached hydrogens (primary N) is 1. The number of benzene rings is 1. The molecule has 1 unspecified atom stereocenters. The molecule has 1 atom stereocenters. The Morgan fingerprint density at radius 2 is 1.89 bits per heavy atom. The fourth-order valence-electron chi connectivity index (χ4n) is 4.26. The highest BCUT2D eigenvalue weighted by Crippen LogP contribution is 2.50. The van der Waals surface area contributed by atoms with Gasteiger partial charge in [0.15, 0.2) is 5.82 Å². The number of likely N-dealkylation sites (N-methyl/N-ethyl adjacent to an activating group) is 1. The molecule has 0 radical (unpaired) electrons. The molecule has 3 heterocycles. The van der Waals surface area contributed by atoms with E-state index in [2.05, 4.69) is 22.2 Å². The van der Waals surface area contributed by atoms with E-state index in [0.717, 1.165) is 18.4 Å². The zero-order valence-electron chi connectivity index (χ0n) is 19.8. The van der Waals surface area contributed by atoms with Crippen LogP contribution in [0.1, 0.15) is 38.6 Å². The first kappa shape index (κ1) is 25.0. The Hall–Kier alpha value is -4.08. The van der Waals surface area contributed by atoms with Gasteiger partial charge in [-0.1, -0.05) is 36.8 Å². The van der Waals surface area contributed by atoms with Crippen molar-refractivity contribution in [1.29, 1.82) is 0 Å². The normalized spacial score (nSPS) is 14.7. The molecule has 1 saturated carbocycles. The van der Waals surface area contributed by atoms with Crippen LogP contribution in [0.3, 0.4) is 0 Å². The summed E-state index contributed by atoms with van der Waals surface area (Å²) in [5, 5.41) is 8.56. The second kappa shape index (κ2) is 9.52. The van der Waals surface area contributed by atoms with Gasteiger partial charge < -0.3 is 15.2 Å². The molecule has 0 aliphatic heterocycles. The second-order valence-corrected chi connectivity index (χ2v) is 9.27. The van der Waals surface area contributed by atoms with E-state index >= 15 is 0 Å². The summed E-state index contributed by atoms with van der Waals surface area (Å²) in [6, 6.07) is 10.9. The van der Waals surface area contributed by atoms with E-state index in [1.807, 2.05) is 24.3 Å². The molecule has 188 valence electrons. The minimum atomic E-state index is -0.599. The fourth-order valence-corrected chi connectivity index (χ4v) is 4.26. The molecule has 0 bridgehead atoms. The molecule has 4 aromatic rings. The van der Waals surface area contributed by atoms with Crippen molar-refractivity contribution in [2.45, 2.75) is 39.2 Å². The lowest BCUT2D eigenvalue weighted by Crippen LogP contribution is -2.28. The molecule has 10 heteroatoms. The number of amides is 1. The third-order valence-corrected chi connectivity index (χ3v) is 6.63. The number of nitrogen functional groups attached to an aromatic ring is 1. The van der Waals surface area contributed by atoms with Crippen LogP contribution >= 0.6 is 0 Å². The minimum absolute atomic E-state index is 0. The maximum atomic E-state index is 14.3. The molecule has 1 aromatic carbocycles. The van der Waals surface area contributed by atoms with Gasteiger partial charge in [-0.05, 0) is 48.9 Å². The van der Waals surface area contributed by atoms with Crippen LogP contribution in [-0.4, -0.2) is 49.8 Å². The summed E-state index contributed by atoms with van der Waals surface area (Å²) in [7, 11) is 3.40. The van der Waals surface area contributed by atoms with Crippen molar-refractivity contribution in [2.24, 2.45) is 5.92 Å². The molecule has 1 aliphatic carbocycles. The first-order valence-corrected chi connectivity index (χ1v) is 11.4. The van der Waals surface area contributed by atoms with Crippen molar-refractivity contribution in [3.63, 3.8) is 0 Å². The van der Waals surface area contributed by atoms with Crippen molar-refractivity contribution in [1.82, 2.24) is 29.8 Å². The molecule has 5 rings (SSSR count). The molecule has 1 amide bonds. The molecule has 9 nitrogen and oxygen atoms in total. The highest BCUT2D eigenvalue weighted by Gasteiger charge is 2.47. The molecule has 2 N–H and O–H groups in total. The van der Waals surface area contributed by atoms with Gasteiger partial charge in [0.1, 0.15) is 12.4 Å². The Labute approximate surface area is 209 Å². The highest BCUT2D eigenvalue weighted by molar-refractivity contribution is 5.75. The molecule has 0 saturated heterocycles. The van der Waals surface area contributed by atoms with Crippen LogP contribution in [-0.2, 0) is 16.8 Å². The third-order valence-electron chi connectivity index (χ3n) is 6.63. The van der Waals surface area contributed by atoms with Gasteiger partial charge in [-0.3, -0.25) is 9.48 Å². The van der Waals surface area contributed by atoms with Gasteiger partial charge in [-0.25, -0.2) is 4.98 Å². The Bertz CT molecular complexity index is 1380. The molecule has 1 fully saturated rings. The van der Waals surface area contributed by atoms with Crippen LogP contribution in [0.25, 0.3) is 22.6 Å². The van der Waals surface area contributed by atoms with Crippen LogP contribution in [0, 0.1) is 11.9 Å². The Morgan fingerprint density at radius 3 is 2.53 bits per heavy atom. The summed E-state index contributed by atoms with van der Waals surface area (Å²) in [6.07, 6.45) is 5.45. The standard InChI is InChI=1S/C25H26FN7O2.CH4/c1-25(18-8-9-18,17-6-4-15(5-7-17)19-10-11-20(27)29-22(19)26)24-30-23(35-31-24)16-12-28-33(13-16)14-21(34)32(2)3;/h4-7,10-13,18H,8-9,14H2,1-3H3,(H2,27,29);1H4. The number of carbonyl (C=O) groups excluding carboxylic acids is 1. The molecule has 3 aromatic heterocycles. The number of nitrogens with zero attached hydrogens (tertiary/aromatic N) is 6. The quantitative estimate of drug-likeness (QED) is 0.386. The smallest absolute Gasteiger partial charge is 0.261 e. The summed E-state index contributed by atoms with van der Waals surface area (Å²) in [6.45, 7) is 2.24. The van der Waals surface area contributed by atoms with Crippen molar-refractivity contribution < 1.29 is 13.7 Å². The van der Waals surface area contributed by atoms with E-state index in [1.165, 1.54) is 4.90 Å². The summed E-state index contributed by atoms with van der Waals surface area (Å²) in [5.41, 5.74) is 7.89. The van der Waals surface area contributed by atoms with E-state index < -0.39 is 11.4 Å². The van der Waals surface area contributed by atoms with Crippen molar-refractivity contribution in [3.8, 4) is 22.6 Å². The van der Waals surface area contributed by atoms with Gasteiger partial charge in [0.05, 0.1) is 17.2 Å². The largest absolute Gasteiger partial charge is 0.384 e. The van der Waals surface area contributed by atoms with Crippen LogP contribution in [0.4, 0.5) is 10.2 Å². The second-order valence-electron chi connectivity index (χ2n) is 9.27. The van der Waals surface area contributed by atoms with E-state index in [9.17, 15) is 9.18 Å². The first-order valence-electron chi connectivity index (χ1n) is 11.4. The molecular weight excluding hydrogens is 461 g/mol. The number of rotatable bonds is 7. The number of carbonyl (C=O) groups is 1. The van der Waals surface area contributed by atoms with Crippen LogP contribution in [0.2, 0.25) is 0 Å². The van der Waals surface area contributed by atoms with Crippen molar-refractivity contribution >= 4 is 11.7 Å². The van der Waals surface area contributed by atoms with E-state index in [4.69, 9.17) is 15.2 Å². The zero-order chi connectivity index (χ0) is 24.7. The van der Waals surface area contributed by atoms with Crippen LogP contribution in [0.5, 0.6) is 0 Å². The Balaban J connectivity index is 0.00000304. The molecule has 0 spiro atoms. The fraction of sp³-hybridized carbons (Fsp3) is 0.346. The van der Waals surface area contributed by atoms with Gasteiger partial charge in [0, 0.05) is 25.9 Å². The third kappa shape index (κ3) is 4.58. The molecule has 1 aliphatic rings. The topological polar surface area (TPSA) is 116 Å². The monoisotopic (exact) mass is 491 g/mol. The van der Waals surface area contributed by atoms with Crippen molar-refractivity contribution in [2.75, 3.05) is 19.8 Å².